The number of hydrogen-bond acceptors (Lipinski definition) is 6. The summed E-state index contributed by atoms with van der Waals surface area (Å²) < 4.78 is 5.01. The third kappa shape index (κ3) is 5.35. The highest BCUT2D eigenvalue weighted by atomic mass is 35.5. The Morgan fingerprint density at radius 3 is 2.85 bits per heavy atom. The van der Waals surface area contributed by atoms with Crippen LogP contribution in [0, 0.1) is 6.92 Å². The summed E-state index contributed by atoms with van der Waals surface area (Å²) in [6.07, 6.45) is 1.68. The maximum Gasteiger partial charge on any atom is 0.312 e. The molecule has 0 saturated carbocycles. The predicted octanol–water partition coefficient (Wildman–Crippen LogP) is 3.89. The number of amides is 1. The first-order valence-electron chi connectivity index (χ1n) is 8.08. The number of nitrogens with one attached hydrogen (secondary N) is 1. The zero-order valence-corrected chi connectivity index (χ0v) is 16.0. The smallest absolute Gasteiger partial charge is 0.312 e. The van der Waals surface area contributed by atoms with E-state index in [4.69, 9.17) is 16.3 Å². The molecular formula is C19H16ClN3O3S. The van der Waals surface area contributed by atoms with Crippen molar-refractivity contribution in [2.75, 3.05) is 11.9 Å². The molecule has 3 rings (SSSR count). The van der Waals surface area contributed by atoms with Crippen LogP contribution in [0.25, 0.3) is 10.7 Å². The average Bonchev–Trinajstić information content (AvgIpc) is 3.12. The molecule has 2 aromatic heterocycles. The number of halogens is 1. The summed E-state index contributed by atoms with van der Waals surface area (Å²) in [7, 11) is 0. The van der Waals surface area contributed by atoms with Crippen LogP contribution < -0.4 is 5.32 Å². The standard InChI is InChI=1S/C19H16ClN3O3S/c1-12-5-6-13(8-15(12)20)22-17(24)10-26-18(25)9-14-11-27-19(23-14)16-4-2-3-7-21-16/h2-8,11H,9-10H2,1H3,(H,22,24). The van der Waals surface area contributed by atoms with E-state index in [0.717, 1.165) is 16.3 Å². The molecule has 1 amide bonds. The van der Waals surface area contributed by atoms with Crippen molar-refractivity contribution in [2.24, 2.45) is 0 Å². The Morgan fingerprint density at radius 1 is 1.26 bits per heavy atom. The molecule has 1 aromatic carbocycles. The molecule has 1 N–H and O–H groups in total. The Balaban J connectivity index is 1.49. The van der Waals surface area contributed by atoms with Crippen LogP contribution in [0.2, 0.25) is 5.02 Å². The Bertz CT molecular complexity index is 960. The fraction of sp³-hybridized carbons (Fsp3) is 0.158. The van der Waals surface area contributed by atoms with E-state index < -0.39 is 11.9 Å². The monoisotopic (exact) mass is 401 g/mol. The number of ether oxygens (including phenoxy) is 1. The van der Waals surface area contributed by atoms with Gasteiger partial charge in [0, 0.05) is 22.3 Å². The van der Waals surface area contributed by atoms with Gasteiger partial charge in [0.25, 0.3) is 5.91 Å². The van der Waals surface area contributed by atoms with E-state index in [1.165, 1.54) is 11.3 Å². The fourth-order valence-electron chi connectivity index (χ4n) is 2.21. The van der Waals surface area contributed by atoms with Crippen LogP contribution >= 0.6 is 22.9 Å². The van der Waals surface area contributed by atoms with Crippen molar-refractivity contribution in [1.29, 1.82) is 0 Å². The number of thiazole rings is 1. The SMILES string of the molecule is Cc1ccc(NC(=O)COC(=O)Cc2csc(-c3ccccn3)n2)cc1Cl. The minimum atomic E-state index is -0.523. The van der Waals surface area contributed by atoms with E-state index in [-0.39, 0.29) is 13.0 Å². The van der Waals surface area contributed by atoms with Gasteiger partial charge < -0.3 is 10.1 Å². The summed E-state index contributed by atoms with van der Waals surface area (Å²) >= 11 is 7.41. The van der Waals surface area contributed by atoms with Gasteiger partial charge in [0.05, 0.1) is 17.8 Å². The Kier molecular flexibility index (Phi) is 6.16. The number of pyridine rings is 1. The summed E-state index contributed by atoms with van der Waals surface area (Å²) in [5.41, 5.74) is 2.79. The number of esters is 1. The van der Waals surface area contributed by atoms with E-state index in [2.05, 4.69) is 15.3 Å². The molecule has 0 aliphatic heterocycles. The van der Waals surface area contributed by atoms with E-state index in [1.807, 2.05) is 25.1 Å². The van der Waals surface area contributed by atoms with Gasteiger partial charge in [-0.05, 0) is 36.8 Å². The molecule has 8 heteroatoms. The van der Waals surface area contributed by atoms with Gasteiger partial charge in [-0.1, -0.05) is 23.7 Å². The molecule has 27 heavy (non-hydrogen) atoms. The number of carbonyl (C=O) groups excluding carboxylic acids is 2. The lowest BCUT2D eigenvalue weighted by molar-refractivity contribution is -0.146. The molecule has 0 aliphatic carbocycles. The number of carbonyl (C=O) groups is 2. The van der Waals surface area contributed by atoms with Gasteiger partial charge in [0.1, 0.15) is 5.01 Å². The first-order valence-corrected chi connectivity index (χ1v) is 9.34. The number of rotatable bonds is 6. The summed E-state index contributed by atoms with van der Waals surface area (Å²) in [5, 5.41) is 5.69. The van der Waals surface area contributed by atoms with Crippen molar-refractivity contribution >= 4 is 40.5 Å². The van der Waals surface area contributed by atoms with E-state index >= 15 is 0 Å². The van der Waals surface area contributed by atoms with Gasteiger partial charge >= 0.3 is 5.97 Å². The Morgan fingerprint density at radius 2 is 2.11 bits per heavy atom. The lowest BCUT2D eigenvalue weighted by Crippen LogP contribution is -2.21. The van der Waals surface area contributed by atoms with Gasteiger partial charge in [-0.15, -0.1) is 11.3 Å². The van der Waals surface area contributed by atoms with Gasteiger partial charge in [0.2, 0.25) is 0 Å². The Hall–Kier alpha value is -2.77. The molecular weight excluding hydrogens is 386 g/mol. The quantitative estimate of drug-likeness (QED) is 0.633. The van der Waals surface area contributed by atoms with Crippen LogP contribution in [0.15, 0.2) is 48.0 Å². The fourth-order valence-corrected chi connectivity index (χ4v) is 3.18. The lowest BCUT2D eigenvalue weighted by atomic mass is 10.2. The highest BCUT2D eigenvalue weighted by molar-refractivity contribution is 7.13. The van der Waals surface area contributed by atoms with Crippen LogP contribution in [0.1, 0.15) is 11.3 Å². The highest BCUT2D eigenvalue weighted by Gasteiger charge is 2.12. The second-order valence-corrected chi connectivity index (χ2v) is 6.97. The molecule has 0 saturated heterocycles. The van der Waals surface area contributed by atoms with Crippen LogP contribution in [-0.2, 0) is 20.7 Å². The topological polar surface area (TPSA) is 81.2 Å². The molecule has 0 radical (unpaired) electrons. The molecule has 0 spiro atoms. The summed E-state index contributed by atoms with van der Waals surface area (Å²) in [6, 6.07) is 10.7. The van der Waals surface area contributed by atoms with Crippen LogP contribution in [0.4, 0.5) is 5.69 Å². The molecule has 138 valence electrons. The van der Waals surface area contributed by atoms with Crippen LogP contribution in [0.3, 0.4) is 0 Å². The number of benzene rings is 1. The zero-order chi connectivity index (χ0) is 19.2. The van der Waals surface area contributed by atoms with Gasteiger partial charge in [0.15, 0.2) is 6.61 Å². The molecule has 0 bridgehead atoms. The van der Waals surface area contributed by atoms with Crippen LogP contribution in [-0.4, -0.2) is 28.5 Å². The zero-order valence-electron chi connectivity index (χ0n) is 14.4. The number of aromatic nitrogens is 2. The first-order chi connectivity index (χ1) is 13.0. The van der Waals surface area contributed by atoms with Crippen molar-refractivity contribution in [3.8, 4) is 10.7 Å². The predicted molar refractivity (Wildman–Crippen MR) is 105 cm³/mol. The minimum Gasteiger partial charge on any atom is -0.455 e. The lowest BCUT2D eigenvalue weighted by Gasteiger charge is -2.07. The van der Waals surface area contributed by atoms with Gasteiger partial charge in [-0.25, -0.2) is 4.98 Å². The summed E-state index contributed by atoms with van der Waals surface area (Å²) in [5.74, 6) is -0.958. The third-order valence-corrected chi connectivity index (χ3v) is 4.90. The molecule has 6 nitrogen and oxygen atoms in total. The number of hydrogen-bond donors (Lipinski definition) is 1. The van der Waals surface area contributed by atoms with E-state index in [9.17, 15) is 9.59 Å². The van der Waals surface area contributed by atoms with Gasteiger partial charge in [-0.2, -0.15) is 0 Å². The first kappa shape index (κ1) is 19.0. The van der Waals surface area contributed by atoms with Crippen molar-refractivity contribution < 1.29 is 14.3 Å². The van der Waals surface area contributed by atoms with E-state index in [0.29, 0.717) is 16.4 Å². The number of nitrogens with zero attached hydrogens (tertiary/aromatic N) is 2. The van der Waals surface area contributed by atoms with E-state index in [1.54, 1.807) is 29.8 Å². The second kappa shape index (κ2) is 8.75. The van der Waals surface area contributed by atoms with Crippen molar-refractivity contribution in [3.63, 3.8) is 0 Å². The normalized spacial score (nSPS) is 10.4. The maximum atomic E-state index is 11.9. The minimum absolute atomic E-state index is 0.00697. The van der Waals surface area contributed by atoms with Gasteiger partial charge in [-0.3, -0.25) is 14.6 Å². The number of anilines is 1. The van der Waals surface area contributed by atoms with Crippen LogP contribution in [0.5, 0.6) is 0 Å². The van der Waals surface area contributed by atoms with Crippen molar-refractivity contribution in [3.05, 3.63) is 64.3 Å². The molecule has 3 aromatic rings. The van der Waals surface area contributed by atoms with Crippen molar-refractivity contribution in [2.45, 2.75) is 13.3 Å². The largest absolute Gasteiger partial charge is 0.455 e. The maximum absolute atomic E-state index is 11.9. The highest BCUT2D eigenvalue weighted by Crippen LogP contribution is 2.22. The molecule has 0 aliphatic rings. The second-order valence-electron chi connectivity index (χ2n) is 5.71. The summed E-state index contributed by atoms with van der Waals surface area (Å²) in [4.78, 5) is 32.4. The molecule has 0 unspecified atom stereocenters. The third-order valence-electron chi connectivity index (χ3n) is 3.58. The summed E-state index contributed by atoms with van der Waals surface area (Å²) in [6.45, 7) is 1.50. The molecule has 2 heterocycles. The van der Waals surface area contributed by atoms with Crippen molar-refractivity contribution in [1.82, 2.24) is 9.97 Å². The average molecular weight is 402 g/mol. The number of aryl methyl sites for hydroxylation is 1. The molecule has 0 atom stereocenters. The Labute approximate surface area is 165 Å². The molecule has 0 fully saturated rings.